The molecule has 32 heavy (non-hydrogen) atoms. The Morgan fingerprint density at radius 3 is 2.81 bits per heavy atom. The lowest BCUT2D eigenvalue weighted by atomic mass is 10.2. The number of nitrogens with one attached hydrogen (secondary N) is 2. The summed E-state index contributed by atoms with van der Waals surface area (Å²) in [6, 6.07) is 6.90. The Morgan fingerprint density at radius 2 is 2.09 bits per heavy atom. The van der Waals surface area contributed by atoms with E-state index in [4.69, 9.17) is 21.1 Å². The molecule has 0 spiro atoms. The van der Waals surface area contributed by atoms with Crippen LogP contribution in [-0.2, 0) is 19.6 Å². The van der Waals surface area contributed by atoms with Crippen molar-refractivity contribution in [1.29, 1.82) is 0 Å². The standard InChI is InChI=1S/C21H22ClN3O6S/c1-12-8-15-18(31-11-20(26)24-15)10-19(12)32(28,29)25-7-3-4-16(25)21(27)23-13-5-6-17(30-2)14(22)9-13/h5-6,8-10,16H,3-4,7,11H2,1-2H3,(H,23,27)(H,24,26)/t16-/m1/s1. The van der Waals surface area contributed by atoms with Crippen LogP contribution in [0.2, 0.25) is 5.02 Å². The van der Waals surface area contributed by atoms with Gasteiger partial charge in [-0.3, -0.25) is 9.59 Å². The number of methoxy groups -OCH3 is 1. The summed E-state index contributed by atoms with van der Waals surface area (Å²) < 4.78 is 38.6. The van der Waals surface area contributed by atoms with Crippen molar-refractivity contribution in [3.63, 3.8) is 0 Å². The van der Waals surface area contributed by atoms with E-state index in [9.17, 15) is 18.0 Å². The number of carbonyl (C=O) groups excluding carboxylic acids is 2. The third-order valence-electron chi connectivity index (χ3n) is 5.42. The van der Waals surface area contributed by atoms with Crippen molar-refractivity contribution < 1.29 is 27.5 Å². The number of fused-ring (bicyclic) bond motifs is 1. The molecule has 0 aromatic heterocycles. The highest BCUT2D eigenvalue weighted by Gasteiger charge is 2.40. The van der Waals surface area contributed by atoms with Crippen LogP contribution in [0.4, 0.5) is 11.4 Å². The maximum Gasteiger partial charge on any atom is 0.262 e. The Hall–Kier alpha value is -2.82. The maximum absolute atomic E-state index is 13.5. The zero-order valence-electron chi connectivity index (χ0n) is 17.5. The molecule has 0 radical (unpaired) electrons. The third kappa shape index (κ3) is 4.13. The first-order chi connectivity index (χ1) is 15.2. The van der Waals surface area contributed by atoms with Gasteiger partial charge in [-0.2, -0.15) is 4.31 Å². The Balaban J connectivity index is 1.59. The van der Waals surface area contributed by atoms with Crippen LogP contribution >= 0.6 is 11.6 Å². The number of ether oxygens (including phenoxy) is 2. The molecule has 2 heterocycles. The molecule has 4 rings (SSSR count). The molecule has 1 fully saturated rings. The Kier molecular flexibility index (Phi) is 6.02. The van der Waals surface area contributed by atoms with E-state index in [0.29, 0.717) is 40.6 Å². The maximum atomic E-state index is 13.5. The summed E-state index contributed by atoms with van der Waals surface area (Å²) in [7, 11) is -2.50. The number of halogens is 1. The second kappa shape index (κ2) is 8.61. The highest BCUT2D eigenvalue weighted by Crippen LogP contribution is 2.36. The minimum absolute atomic E-state index is 0.0413. The van der Waals surface area contributed by atoms with Gasteiger partial charge < -0.3 is 20.1 Å². The largest absolute Gasteiger partial charge is 0.495 e. The number of carbonyl (C=O) groups is 2. The van der Waals surface area contributed by atoms with Crippen LogP contribution in [0, 0.1) is 6.92 Å². The van der Waals surface area contributed by atoms with Crippen LogP contribution in [0.15, 0.2) is 35.2 Å². The molecule has 0 saturated carbocycles. The van der Waals surface area contributed by atoms with Crippen molar-refractivity contribution in [2.45, 2.75) is 30.7 Å². The van der Waals surface area contributed by atoms with Gasteiger partial charge in [0.15, 0.2) is 6.61 Å². The molecule has 2 aliphatic rings. The Bertz CT molecular complexity index is 1200. The fourth-order valence-corrected chi connectivity index (χ4v) is 6.02. The monoisotopic (exact) mass is 479 g/mol. The molecule has 170 valence electrons. The van der Waals surface area contributed by atoms with Crippen molar-refractivity contribution in [3.05, 3.63) is 40.9 Å². The number of hydrogen-bond donors (Lipinski definition) is 2. The van der Waals surface area contributed by atoms with Gasteiger partial charge in [0.05, 0.1) is 22.7 Å². The van der Waals surface area contributed by atoms with Crippen LogP contribution in [-0.4, -0.2) is 50.8 Å². The summed E-state index contributed by atoms with van der Waals surface area (Å²) >= 11 is 6.12. The average Bonchev–Trinajstić information content (AvgIpc) is 3.24. The lowest BCUT2D eigenvalue weighted by Crippen LogP contribution is -2.43. The van der Waals surface area contributed by atoms with E-state index in [1.54, 1.807) is 31.2 Å². The van der Waals surface area contributed by atoms with Crippen molar-refractivity contribution >= 4 is 44.8 Å². The molecular weight excluding hydrogens is 458 g/mol. The highest BCUT2D eigenvalue weighted by molar-refractivity contribution is 7.89. The van der Waals surface area contributed by atoms with Crippen molar-refractivity contribution in [2.75, 3.05) is 30.9 Å². The van der Waals surface area contributed by atoms with E-state index in [1.165, 1.54) is 17.5 Å². The number of anilines is 2. The minimum Gasteiger partial charge on any atom is -0.495 e. The molecule has 0 aliphatic carbocycles. The Labute approximate surface area is 190 Å². The number of nitrogens with zero attached hydrogens (tertiary/aromatic N) is 1. The smallest absolute Gasteiger partial charge is 0.262 e. The van der Waals surface area contributed by atoms with E-state index >= 15 is 0 Å². The lowest BCUT2D eigenvalue weighted by molar-refractivity contribution is -0.119. The van der Waals surface area contributed by atoms with Gasteiger partial charge in [0.25, 0.3) is 5.91 Å². The van der Waals surface area contributed by atoms with Gasteiger partial charge in [-0.15, -0.1) is 0 Å². The molecule has 9 nitrogen and oxygen atoms in total. The van der Waals surface area contributed by atoms with Gasteiger partial charge in [-0.05, 0) is 49.6 Å². The number of aryl methyl sites for hydroxylation is 1. The van der Waals surface area contributed by atoms with Crippen LogP contribution in [0.25, 0.3) is 0 Å². The summed E-state index contributed by atoms with van der Waals surface area (Å²) in [6.07, 6.45) is 0.947. The molecule has 2 aromatic carbocycles. The third-order valence-corrected chi connectivity index (χ3v) is 7.77. The zero-order valence-corrected chi connectivity index (χ0v) is 19.0. The van der Waals surface area contributed by atoms with Crippen molar-refractivity contribution in [2.24, 2.45) is 0 Å². The fraction of sp³-hybridized carbons (Fsp3) is 0.333. The van der Waals surface area contributed by atoms with E-state index in [2.05, 4.69) is 10.6 Å². The van der Waals surface area contributed by atoms with Gasteiger partial charge in [0.1, 0.15) is 17.5 Å². The number of rotatable bonds is 5. The molecule has 0 unspecified atom stereocenters. The van der Waals surface area contributed by atoms with Gasteiger partial charge >= 0.3 is 0 Å². The summed E-state index contributed by atoms with van der Waals surface area (Å²) in [6.45, 7) is 1.67. The lowest BCUT2D eigenvalue weighted by Gasteiger charge is -2.26. The second-order valence-electron chi connectivity index (χ2n) is 7.56. The Morgan fingerprint density at radius 1 is 1.31 bits per heavy atom. The zero-order chi connectivity index (χ0) is 23.0. The number of amides is 2. The molecule has 2 N–H and O–H groups in total. The number of sulfonamides is 1. The molecule has 1 saturated heterocycles. The van der Waals surface area contributed by atoms with Crippen molar-refractivity contribution in [1.82, 2.24) is 4.31 Å². The van der Waals surface area contributed by atoms with E-state index in [0.717, 1.165) is 0 Å². The molecule has 11 heteroatoms. The first kappa shape index (κ1) is 22.4. The fourth-order valence-electron chi connectivity index (χ4n) is 3.88. The van der Waals surface area contributed by atoms with Gasteiger partial charge in [0, 0.05) is 18.3 Å². The van der Waals surface area contributed by atoms with Crippen LogP contribution in [0.5, 0.6) is 11.5 Å². The molecule has 0 bridgehead atoms. The summed E-state index contributed by atoms with van der Waals surface area (Å²) in [5, 5.41) is 5.73. The molecule has 1 atom stereocenters. The topological polar surface area (TPSA) is 114 Å². The van der Waals surface area contributed by atoms with Gasteiger partial charge in [0.2, 0.25) is 15.9 Å². The molecule has 2 aromatic rings. The SMILES string of the molecule is COc1ccc(NC(=O)[C@H]2CCCN2S(=O)(=O)c2cc3c(cc2C)NC(=O)CO3)cc1Cl. The predicted molar refractivity (Wildman–Crippen MR) is 119 cm³/mol. The van der Waals surface area contributed by atoms with Crippen LogP contribution < -0.4 is 20.1 Å². The van der Waals surface area contributed by atoms with Crippen LogP contribution in [0.1, 0.15) is 18.4 Å². The quantitative estimate of drug-likeness (QED) is 0.681. The van der Waals surface area contributed by atoms with Gasteiger partial charge in [-0.1, -0.05) is 11.6 Å². The summed E-state index contributed by atoms with van der Waals surface area (Å²) in [4.78, 5) is 24.5. The summed E-state index contributed by atoms with van der Waals surface area (Å²) in [5.74, 6) is 0.00623. The number of hydrogen-bond acceptors (Lipinski definition) is 6. The van der Waals surface area contributed by atoms with E-state index < -0.39 is 22.0 Å². The second-order valence-corrected chi connectivity index (χ2v) is 9.83. The minimum atomic E-state index is -3.99. The van der Waals surface area contributed by atoms with Crippen molar-refractivity contribution in [3.8, 4) is 11.5 Å². The number of benzene rings is 2. The van der Waals surface area contributed by atoms with E-state index in [-0.39, 0.29) is 29.7 Å². The van der Waals surface area contributed by atoms with Gasteiger partial charge in [-0.25, -0.2) is 8.42 Å². The first-order valence-electron chi connectivity index (χ1n) is 9.94. The first-order valence-corrected chi connectivity index (χ1v) is 11.8. The average molecular weight is 480 g/mol. The normalized spacial score (nSPS) is 18.5. The molecule has 2 aliphatic heterocycles. The van der Waals surface area contributed by atoms with E-state index in [1.807, 2.05) is 0 Å². The highest BCUT2D eigenvalue weighted by atomic mass is 35.5. The molecule has 2 amide bonds. The van der Waals surface area contributed by atoms with Crippen LogP contribution in [0.3, 0.4) is 0 Å². The predicted octanol–water partition coefficient (Wildman–Crippen LogP) is 2.78. The summed E-state index contributed by atoms with van der Waals surface area (Å²) in [5.41, 5.74) is 1.31. The molecular formula is C21H22ClN3O6S.